The number of furan rings is 1. The van der Waals surface area contributed by atoms with Gasteiger partial charge in [-0.25, -0.2) is 0 Å². The second kappa shape index (κ2) is 7.98. The van der Waals surface area contributed by atoms with Crippen LogP contribution < -0.4 is 5.32 Å². The van der Waals surface area contributed by atoms with Crippen LogP contribution in [-0.4, -0.2) is 47.1 Å². The number of carbonyl (C=O) groups is 2. The highest BCUT2D eigenvalue weighted by molar-refractivity contribution is 5.95. The van der Waals surface area contributed by atoms with Crippen LogP contribution in [0.5, 0.6) is 0 Å². The van der Waals surface area contributed by atoms with E-state index in [4.69, 9.17) is 4.42 Å². The van der Waals surface area contributed by atoms with Crippen molar-refractivity contribution >= 4 is 11.8 Å². The zero-order valence-corrected chi connectivity index (χ0v) is 13.0. The number of carbonyl (C=O) groups excluding carboxylic acids is 2. The van der Waals surface area contributed by atoms with Gasteiger partial charge >= 0.3 is 0 Å². The van der Waals surface area contributed by atoms with Gasteiger partial charge < -0.3 is 19.7 Å². The van der Waals surface area contributed by atoms with E-state index in [1.54, 1.807) is 17.0 Å². The maximum absolute atomic E-state index is 12.4. The van der Waals surface area contributed by atoms with Crippen LogP contribution in [0.1, 0.15) is 49.6 Å². The number of aliphatic hydroxyl groups excluding tert-OH is 1. The summed E-state index contributed by atoms with van der Waals surface area (Å²) in [5.74, 6) is -0.123. The number of aliphatic hydroxyl groups is 1. The summed E-state index contributed by atoms with van der Waals surface area (Å²) in [6.07, 6.45) is 4.74. The van der Waals surface area contributed by atoms with Gasteiger partial charge in [0.1, 0.15) is 6.04 Å². The van der Waals surface area contributed by atoms with Gasteiger partial charge in [0, 0.05) is 13.1 Å². The lowest BCUT2D eigenvalue weighted by Crippen LogP contribution is -2.52. The van der Waals surface area contributed by atoms with Crippen LogP contribution >= 0.6 is 0 Å². The number of hydrogen-bond donors (Lipinski definition) is 2. The number of rotatable bonds is 6. The summed E-state index contributed by atoms with van der Waals surface area (Å²) in [6.45, 7) is 2.89. The molecule has 0 aromatic carbocycles. The summed E-state index contributed by atoms with van der Waals surface area (Å²) in [5, 5.41) is 12.3. The largest absolute Gasteiger partial charge is 0.459 e. The number of nitrogens with zero attached hydrogens (tertiary/aromatic N) is 1. The highest BCUT2D eigenvalue weighted by atomic mass is 16.3. The highest BCUT2D eigenvalue weighted by Gasteiger charge is 2.33. The molecule has 1 aliphatic heterocycles. The van der Waals surface area contributed by atoms with E-state index < -0.39 is 12.1 Å². The van der Waals surface area contributed by atoms with Crippen molar-refractivity contribution in [1.29, 1.82) is 0 Å². The molecule has 2 heterocycles. The molecule has 0 bridgehead atoms. The molecule has 22 heavy (non-hydrogen) atoms. The molecule has 0 spiro atoms. The quantitative estimate of drug-likeness (QED) is 0.835. The van der Waals surface area contributed by atoms with E-state index in [1.165, 1.54) is 6.26 Å². The Bertz CT molecular complexity index is 486. The van der Waals surface area contributed by atoms with Crippen molar-refractivity contribution in [3.63, 3.8) is 0 Å². The first-order chi connectivity index (χ1) is 10.6. The maximum atomic E-state index is 12.4. The van der Waals surface area contributed by atoms with E-state index in [9.17, 15) is 14.7 Å². The van der Waals surface area contributed by atoms with Gasteiger partial charge in [-0.1, -0.05) is 6.92 Å². The van der Waals surface area contributed by atoms with Gasteiger partial charge in [0.15, 0.2) is 5.76 Å². The number of amides is 2. The van der Waals surface area contributed by atoms with Gasteiger partial charge in [-0.2, -0.15) is 0 Å². The first-order valence-corrected chi connectivity index (χ1v) is 7.93. The molecule has 2 rings (SSSR count). The Morgan fingerprint density at radius 2 is 2.32 bits per heavy atom. The molecule has 2 N–H and O–H groups in total. The van der Waals surface area contributed by atoms with E-state index >= 15 is 0 Å². The average molecular weight is 308 g/mol. The van der Waals surface area contributed by atoms with E-state index in [-0.39, 0.29) is 17.6 Å². The Kier molecular flexibility index (Phi) is 6.00. The lowest BCUT2D eigenvalue weighted by Gasteiger charge is -2.34. The Labute approximate surface area is 130 Å². The number of hydrogen-bond acceptors (Lipinski definition) is 4. The molecule has 1 aromatic rings. The number of piperidine rings is 1. The molecule has 0 radical (unpaired) electrons. The predicted octanol–water partition coefficient (Wildman–Crippen LogP) is 1.55. The first kappa shape index (κ1) is 16.5. The number of likely N-dealkylation sites (tertiary alicyclic amines) is 1. The van der Waals surface area contributed by atoms with Crippen molar-refractivity contribution in [2.75, 3.05) is 13.1 Å². The van der Waals surface area contributed by atoms with Crippen molar-refractivity contribution in [3.05, 3.63) is 24.2 Å². The van der Waals surface area contributed by atoms with Crippen molar-refractivity contribution in [2.45, 2.75) is 51.2 Å². The summed E-state index contributed by atoms with van der Waals surface area (Å²) >= 11 is 0. The molecule has 122 valence electrons. The molecule has 1 aromatic heterocycles. The Morgan fingerprint density at radius 1 is 1.50 bits per heavy atom. The van der Waals surface area contributed by atoms with Gasteiger partial charge in [-0.05, 0) is 44.2 Å². The van der Waals surface area contributed by atoms with Crippen LogP contribution in [0.4, 0.5) is 0 Å². The second-order valence-corrected chi connectivity index (χ2v) is 5.63. The van der Waals surface area contributed by atoms with E-state index in [0.717, 1.165) is 12.8 Å². The van der Waals surface area contributed by atoms with Crippen LogP contribution in [0.2, 0.25) is 0 Å². The number of nitrogens with one attached hydrogen (secondary N) is 1. The third kappa shape index (κ3) is 4.10. The third-order valence-electron chi connectivity index (χ3n) is 4.05. The van der Waals surface area contributed by atoms with E-state index in [0.29, 0.717) is 32.4 Å². The Hall–Kier alpha value is -1.82. The lowest BCUT2D eigenvalue weighted by molar-refractivity contribution is -0.126. The van der Waals surface area contributed by atoms with Crippen molar-refractivity contribution in [1.82, 2.24) is 10.2 Å². The van der Waals surface area contributed by atoms with Crippen LogP contribution in [0.25, 0.3) is 0 Å². The molecule has 2 unspecified atom stereocenters. The molecule has 0 saturated carbocycles. The molecule has 0 aliphatic carbocycles. The van der Waals surface area contributed by atoms with Crippen LogP contribution in [0, 0.1) is 0 Å². The highest BCUT2D eigenvalue weighted by Crippen LogP contribution is 2.20. The molecular formula is C16H24N2O4. The Balaban J connectivity index is 1.94. The molecule has 1 saturated heterocycles. The van der Waals surface area contributed by atoms with E-state index in [1.807, 2.05) is 6.92 Å². The lowest BCUT2D eigenvalue weighted by atomic mass is 10.0. The fourth-order valence-electron chi connectivity index (χ4n) is 2.67. The normalized spacial score (nSPS) is 19.7. The smallest absolute Gasteiger partial charge is 0.290 e. The minimum Gasteiger partial charge on any atom is -0.459 e. The molecule has 1 fully saturated rings. The topological polar surface area (TPSA) is 82.8 Å². The zero-order chi connectivity index (χ0) is 15.9. The van der Waals surface area contributed by atoms with Crippen LogP contribution in [0.15, 0.2) is 22.8 Å². The monoisotopic (exact) mass is 308 g/mol. The maximum Gasteiger partial charge on any atom is 0.290 e. The fourth-order valence-corrected chi connectivity index (χ4v) is 2.67. The molecule has 2 amide bonds. The van der Waals surface area contributed by atoms with E-state index in [2.05, 4.69) is 5.32 Å². The van der Waals surface area contributed by atoms with Crippen LogP contribution in [0.3, 0.4) is 0 Å². The van der Waals surface area contributed by atoms with Gasteiger partial charge in [0.25, 0.3) is 5.91 Å². The average Bonchev–Trinajstić information content (AvgIpc) is 3.08. The Morgan fingerprint density at radius 3 is 3.00 bits per heavy atom. The van der Waals surface area contributed by atoms with Gasteiger partial charge in [-0.15, -0.1) is 0 Å². The molecule has 6 nitrogen and oxygen atoms in total. The zero-order valence-electron chi connectivity index (χ0n) is 13.0. The van der Waals surface area contributed by atoms with Gasteiger partial charge in [0.2, 0.25) is 5.91 Å². The standard InChI is InChI=1S/C16H24N2O4/c1-2-12(19)8-9-17-15(20)13-6-3-4-10-18(13)16(21)14-7-5-11-22-14/h5,7,11-13,19H,2-4,6,8-10H2,1H3,(H,17,20). The van der Waals surface area contributed by atoms with Crippen molar-refractivity contribution in [3.8, 4) is 0 Å². The summed E-state index contributed by atoms with van der Waals surface area (Å²) in [6, 6.07) is 2.83. The van der Waals surface area contributed by atoms with Crippen molar-refractivity contribution < 1.29 is 19.1 Å². The molecular weight excluding hydrogens is 284 g/mol. The first-order valence-electron chi connectivity index (χ1n) is 7.93. The molecule has 6 heteroatoms. The second-order valence-electron chi connectivity index (χ2n) is 5.63. The predicted molar refractivity (Wildman–Crippen MR) is 81.3 cm³/mol. The molecule has 1 aliphatic rings. The van der Waals surface area contributed by atoms with Crippen molar-refractivity contribution in [2.24, 2.45) is 0 Å². The van der Waals surface area contributed by atoms with Gasteiger partial charge in [-0.3, -0.25) is 9.59 Å². The summed E-state index contributed by atoms with van der Waals surface area (Å²) in [5.41, 5.74) is 0. The minimum atomic E-state index is -0.454. The third-order valence-corrected chi connectivity index (χ3v) is 4.05. The SMILES string of the molecule is CCC(O)CCNC(=O)C1CCCCN1C(=O)c1ccco1. The minimum absolute atomic E-state index is 0.150. The van der Waals surface area contributed by atoms with Crippen LogP contribution in [-0.2, 0) is 4.79 Å². The fraction of sp³-hybridized carbons (Fsp3) is 0.625. The summed E-state index contributed by atoms with van der Waals surface area (Å²) < 4.78 is 5.15. The summed E-state index contributed by atoms with van der Waals surface area (Å²) in [4.78, 5) is 26.3. The summed E-state index contributed by atoms with van der Waals surface area (Å²) in [7, 11) is 0. The van der Waals surface area contributed by atoms with Gasteiger partial charge in [0.05, 0.1) is 12.4 Å². The molecule has 2 atom stereocenters.